The molecule has 3 aromatic rings. The largest absolute Gasteiger partial charge is 0.339 e. The van der Waals surface area contributed by atoms with Crippen molar-refractivity contribution in [1.29, 1.82) is 0 Å². The fraction of sp³-hybridized carbons (Fsp3) is 0.269. The Balaban J connectivity index is 0.00000141. The fourth-order valence-corrected chi connectivity index (χ4v) is 3.91. The van der Waals surface area contributed by atoms with Crippen LogP contribution in [0.2, 0.25) is 0 Å². The zero-order chi connectivity index (χ0) is 23.1. The van der Waals surface area contributed by atoms with Crippen molar-refractivity contribution < 1.29 is 9.59 Å². The van der Waals surface area contributed by atoms with Crippen LogP contribution in [0.4, 0.5) is 0 Å². The van der Waals surface area contributed by atoms with E-state index in [0.717, 1.165) is 29.9 Å². The van der Waals surface area contributed by atoms with Crippen molar-refractivity contribution in [3.8, 4) is 29.8 Å². The third-order valence-corrected chi connectivity index (χ3v) is 5.50. The molecule has 0 radical (unpaired) electrons. The Bertz CT molecular complexity index is 1020. The first-order valence-electron chi connectivity index (χ1n) is 10.7. The van der Waals surface area contributed by atoms with Crippen molar-refractivity contribution in [3.63, 3.8) is 0 Å². The number of aromatic nitrogens is 2. The molecule has 1 saturated heterocycles. The number of benzene rings is 2. The lowest BCUT2D eigenvalue weighted by Crippen LogP contribution is -2.57. The zero-order valence-electron chi connectivity index (χ0n) is 18.5. The van der Waals surface area contributed by atoms with Crippen LogP contribution < -0.4 is 0 Å². The van der Waals surface area contributed by atoms with Crippen molar-refractivity contribution in [3.05, 3.63) is 72.4 Å². The number of terminal acetylenes is 1. The third-order valence-electron chi connectivity index (χ3n) is 5.50. The van der Waals surface area contributed by atoms with E-state index in [4.69, 9.17) is 0 Å². The van der Waals surface area contributed by atoms with E-state index in [2.05, 4.69) is 24.9 Å². The summed E-state index contributed by atoms with van der Waals surface area (Å²) < 4.78 is 1.79. The summed E-state index contributed by atoms with van der Waals surface area (Å²) in [5.41, 5.74) is 3.05. The maximum Gasteiger partial charge on any atom is 0.275 e. The second-order valence-electron chi connectivity index (χ2n) is 7.53. The van der Waals surface area contributed by atoms with Crippen molar-refractivity contribution in [2.75, 3.05) is 19.6 Å². The summed E-state index contributed by atoms with van der Waals surface area (Å²) in [5, 5.41) is 4.65. The highest BCUT2D eigenvalue weighted by molar-refractivity contribution is 5.97. The van der Waals surface area contributed by atoms with Crippen LogP contribution in [0.5, 0.6) is 0 Å². The van der Waals surface area contributed by atoms with Gasteiger partial charge in [0.25, 0.3) is 5.91 Å². The van der Waals surface area contributed by atoms with Gasteiger partial charge in [0.2, 0.25) is 5.91 Å². The fourth-order valence-electron chi connectivity index (χ4n) is 3.91. The molecular weight excluding hydrogens is 400 g/mol. The SMILES string of the molecule is C#C.CCCN1CCN(C(=O)c2cc(-c3ccccc3)n(-c3ccccc3)n2)[C@H](C)C1=O. The van der Waals surface area contributed by atoms with Gasteiger partial charge in [-0.3, -0.25) is 9.59 Å². The second kappa shape index (κ2) is 10.5. The third kappa shape index (κ3) is 4.57. The standard InChI is InChI=1S/C24H26N4O2.C2H2/c1-3-14-26-15-16-27(18(2)23(26)29)24(30)21-17-22(19-10-6-4-7-11-19)28(25-21)20-12-8-5-9-13-20;1-2/h4-13,17-18H,3,14-16H2,1-2H3;1-2H/t18-;/m1./s1. The monoisotopic (exact) mass is 428 g/mol. The van der Waals surface area contributed by atoms with E-state index in [0.29, 0.717) is 18.8 Å². The maximum absolute atomic E-state index is 13.3. The first-order valence-corrected chi connectivity index (χ1v) is 10.7. The number of hydrogen-bond acceptors (Lipinski definition) is 3. The summed E-state index contributed by atoms with van der Waals surface area (Å²) >= 11 is 0. The van der Waals surface area contributed by atoms with E-state index in [1.54, 1.807) is 16.5 Å². The van der Waals surface area contributed by atoms with Gasteiger partial charge < -0.3 is 9.80 Å². The molecule has 2 amide bonds. The number of piperazine rings is 1. The molecule has 0 saturated carbocycles. The Kier molecular flexibility index (Phi) is 7.45. The Hall–Kier alpha value is -3.85. The highest BCUT2D eigenvalue weighted by atomic mass is 16.2. The first-order chi connectivity index (χ1) is 15.6. The van der Waals surface area contributed by atoms with Crippen LogP contribution in [0.15, 0.2) is 66.7 Å². The molecule has 0 aliphatic carbocycles. The quantitative estimate of drug-likeness (QED) is 0.580. The van der Waals surface area contributed by atoms with Gasteiger partial charge in [0.1, 0.15) is 6.04 Å². The van der Waals surface area contributed by atoms with Gasteiger partial charge in [-0.05, 0) is 31.5 Å². The van der Waals surface area contributed by atoms with E-state index in [1.807, 2.05) is 71.6 Å². The Morgan fingerprint density at radius 3 is 2.28 bits per heavy atom. The molecule has 4 rings (SSSR count). The molecule has 32 heavy (non-hydrogen) atoms. The molecule has 0 spiro atoms. The first kappa shape index (κ1) is 22.8. The molecule has 6 heteroatoms. The smallest absolute Gasteiger partial charge is 0.275 e. The number of amides is 2. The van der Waals surface area contributed by atoms with Crippen LogP contribution in [0.1, 0.15) is 30.8 Å². The van der Waals surface area contributed by atoms with Crippen LogP contribution in [-0.2, 0) is 4.79 Å². The zero-order valence-corrected chi connectivity index (χ0v) is 18.5. The van der Waals surface area contributed by atoms with Gasteiger partial charge in [-0.15, -0.1) is 12.8 Å². The molecule has 1 atom stereocenters. The summed E-state index contributed by atoms with van der Waals surface area (Å²) in [7, 11) is 0. The summed E-state index contributed by atoms with van der Waals surface area (Å²) in [5.74, 6) is -0.207. The van der Waals surface area contributed by atoms with E-state index in [9.17, 15) is 9.59 Å². The van der Waals surface area contributed by atoms with E-state index < -0.39 is 6.04 Å². The van der Waals surface area contributed by atoms with Crippen molar-refractivity contribution >= 4 is 11.8 Å². The van der Waals surface area contributed by atoms with Gasteiger partial charge in [-0.1, -0.05) is 55.5 Å². The molecule has 0 unspecified atom stereocenters. The molecule has 2 heterocycles. The minimum Gasteiger partial charge on any atom is -0.339 e. The highest BCUT2D eigenvalue weighted by Crippen LogP contribution is 2.25. The van der Waals surface area contributed by atoms with Crippen molar-refractivity contribution in [1.82, 2.24) is 19.6 Å². The lowest BCUT2D eigenvalue weighted by Gasteiger charge is -2.38. The average molecular weight is 429 g/mol. The molecule has 1 aliphatic heterocycles. The molecule has 6 nitrogen and oxygen atoms in total. The van der Waals surface area contributed by atoms with Crippen LogP contribution in [0.3, 0.4) is 0 Å². The normalized spacial score (nSPS) is 15.8. The molecule has 1 aliphatic rings. The maximum atomic E-state index is 13.3. The van der Waals surface area contributed by atoms with Crippen LogP contribution in [-0.4, -0.2) is 57.1 Å². The second-order valence-corrected chi connectivity index (χ2v) is 7.53. The number of nitrogens with zero attached hydrogens (tertiary/aromatic N) is 4. The van der Waals surface area contributed by atoms with Gasteiger partial charge in [0.15, 0.2) is 5.69 Å². The molecule has 0 bridgehead atoms. The number of carbonyl (C=O) groups excluding carboxylic acids is 2. The minimum absolute atomic E-state index is 0.00206. The number of hydrogen-bond donors (Lipinski definition) is 0. The van der Waals surface area contributed by atoms with Crippen LogP contribution in [0.25, 0.3) is 16.9 Å². The summed E-state index contributed by atoms with van der Waals surface area (Å²) in [6.45, 7) is 5.66. The van der Waals surface area contributed by atoms with E-state index in [1.165, 1.54) is 0 Å². The van der Waals surface area contributed by atoms with Gasteiger partial charge in [0, 0.05) is 25.2 Å². The highest BCUT2D eigenvalue weighted by Gasteiger charge is 2.35. The molecule has 0 N–H and O–H groups in total. The molecule has 2 aromatic carbocycles. The van der Waals surface area contributed by atoms with E-state index >= 15 is 0 Å². The van der Waals surface area contributed by atoms with Gasteiger partial charge >= 0.3 is 0 Å². The van der Waals surface area contributed by atoms with Crippen LogP contribution >= 0.6 is 0 Å². The predicted molar refractivity (Wildman–Crippen MR) is 126 cm³/mol. The Labute approximate surface area is 189 Å². The molecular formula is C26H28N4O2. The summed E-state index contributed by atoms with van der Waals surface area (Å²) in [6, 6.07) is 21.0. The molecule has 1 fully saturated rings. The lowest BCUT2D eigenvalue weighted by molar-refractivity contribution is -0.139. The average Bonchev–Trinajstić information content (AvgIpc) is 3.30. The summed E-state index contributed by atoms with van der Waals surface area (Å²) in [6.07, 6.45) is 8.91. The van der Waals surface area contributed by atoms with Crippen molar-refractivity contribution in [2.24, 2.45) is 0 Å². The number of para-hydroxylation sites is 1. The van der Waals surface area contributed by atoms with Gasteiger partial charge in [-0.25, -0.2) is 4.68 Å². The summed E-state index contributed by atoms with van der Waals surface area (Å²) in [4.78, 5) is 29.5. The lowest BCUT2D eigenvalue weighted by atomic mass is 10.1. The van der Waals surface area contributed by atoms with E-state index in [-0.39, 0.29) is 11.8 Å². The Morgan fingerprint density at radius 1 is 1.03 bits per heavy atom. The minimum atomic E-state index is -0.486. The predicted octanol–water partition coefficient (Wildman–Crippen LogP) is 3.87. The Morgan fingerprint density at radius 2 is 1.66 bits per heavy atom. The van der Waals surface area contributed by atoms with Gasteiger partial charge in [-0.2, -0.15) is 5.10 Å². The van der Waals surface area contributed by atoms with Gasteiger partial charge in [0.05, 0.1) is 11.4 Å². The topological polar surface area (TPSA) is 58.4 Å². The van der Waals surface area contributed by atoms with Crippen molar-refractivity contribution in [2.45, 2.75) is 26.3 Å². The number of rotatable bonds is 5. The molecule has 1 aromatic heterocycles. The van der Waals surface area contributed by atoms with Crippen LogP contribution in [0, 0.1) is 12.8 Å². The molecule has 164 valence electrons. The number of carbonyl (C=O) groups is 2.